The second-order valence-electron chi connectivity index (χ2n) is 3.06. The molecule has 0 saturated carbocycles. The van der Waals surface area contributed by atoms with Gasteiger partial charge in [0.05, 0.1) is 0 Å². The molecule has 0 aliphatic heterocycles. The van der Waals surface area contributed by atoms with E-state index in [9.17, 15) is 0 Å². The van der Waals surface area contributed by atoms with Crippen molar-refractivity contribution < 1.29 is 0 Å². The standard InChI is InChI=1S/C10H13BrClN/c1-2-3-9(12)6-10-5-4-8(11)7-13-10/h4-5,7,9H,2-3,6H2,1H3. The van der Waals surface area contributed by atoms with E-state index < -0.39 is 0 Å². The maximum atomic E-state index is 6.10. The Morgan fingerprint density at radius 1 is 1.54 bits per heavy atom. The SMILES string of the molecule is CCCC(Cl)Cc1ccc(Br)cn1. The van der Waals surface area contributed by atoms with Gasteiger partial charge >= 0.3 is 0 Å². The zero-order valence-corrected chi connectivity index (χ0v) is 9.98. The lowest BCUT2D eigenvalue weighted by atomic mass is 10.1. The quantitative estimate of drug-likeness (QED) is 0.752. The average molecular weight is 263 g/mol. The van der Waals surface area contributed by atoms with Gasteiger partial charge < -0.3 is 0 Å². The summed E-state index contributed by atoms with van der Waals surface area (Å²) in [6.45, 7) is 2.14. The van der Waals surface area contributed by atoms with Gasteiger partial charge in [-0.05, 0) is 34.5 Å². The highest BCUT2D eigenvalue weighted by Gasteiger charge is 2.05. The predicted octanol–water partition coefficient (Wildman–Crippen LogP) is 3.79. The molecular weight excluding hydrogens is 249 g/mol. The number of hydrogen-bond donors (Lipinski definition) is 0. The van der Waals surface area contributed by atoms with E-state index in [1.54, 1.807) is 0 Å². The molecule has 1 heterocycles. The van der Waals surface area contributed by atoms with Crippen molar-refractivity contribution in [1.82, 2.24) is 4.98 Å². The highest BCUT2D eigenvalue weighted by molar-refractivity contribution is 9.10. The third-order valence-corrected chi connectivity index (χ3v) is 2.66. The van der Waals surface area contributed by atoms with Crippen LogP contribution in [0.1, 0.15) is 25.5 Å². The van der Waals surface area contributed by atoms with Gasteiger partial charge in [-0.2, -0.15) is 0 Å². The van der Waals surface area contributed by atoms with Crippen LogP contribution in [-0.2, 0) is 6.42 Å². The van der Waals surface area contributed by atoms with Crippen LogP contribution in [0.15, 0.2) is 22.8 Å². The maximum absolute atomic E-state index is 6.10. The number of nitrogens with zero attached hydrogens (tertiary/aromatic N) is 1. The first-order valence-electron chi connectivity index (χ1n) is 4.47. The molecule has 1 rings (SSSR count). The van der Waals surface area contributed by atoms with Crippen molar-refractivity contribution >= 4 is 27.5 Å². The highest BCUT2D eigenvalue weighted by atomic mass is 79.9. The molecule has 0 radical (unpaired) electrons. The van der Waals surface area contributed by atoms with E-state index in [2.05, 4.69) is 27.8 Å². The van der Waals surface area contributed by atoms with Crippen molar-refractivity contribution in [3.8, 4) is 0 Å². The molecule has 1 nitrogen and oxygen atoms in total. The summed E-state index contributed by atoms with van der Waals surface area (Å²) >= 11 is 9.45. The number of pyridine rings is 1. The minimum atomic E-state index is 0.221. The van der Waals surface area contributed by atoms with Gasteiger partial charge in [0.1, 0.15) is 0 Å². The van der Waals surface area contributed by atoms with Gasteiger partial charge in [0.2, 0.25) is 0 Å². The summed E-state index contributed by atoms with van der Waals surface area (Å²) < 4.78 is 1.01. The second kappa shape index (κ2) is 5.61. The Morgan fingerprint density at radius 2 is 2.31 bits per heavy atom. The molecule has 0 aliphatic carbocycles. The van der Waals surface area contributed by atoms with Crippen LogP contribution >= 0.6 is 27.5 Å². The Morgan fingerprint density at radius 3 is 2.85 bits per heavy atom. The number of rotatable bonds is 4. The van der Waals surface area contributed by atoms with E-state index in [0.29, 0.717) is 0 Å². The van der Waals surface area contributed by atoms with Gasteiger partial charge in [-0.1, -0.05) is 13.3 Å². The first-order valence-corrected chi connectivity index (χ1v) is 5.69. The Bertz CT molecular complexity index is 248. The van der Waals surface area contributed by atoms with Crippen LogP contribution < -0.4 is 0 Å². The molecule has 1 aromatic rings. The van der Waals surface area contributed by atoms with Crippen molar-refractivity contribution in [2.75, 3.05) is 0 Å². The van der Waals surface area contributed by atoms with Gasteiger partial charge in [-0.15, -0.1) is 11.6 Å². The Hall–Kier alpha value is -0.0800. The molecule has 72 valence electrons. The third-order valence-electron chi connectivity index (χ3n) is 1.82. The van der Waals surface area contributed by atoms with Crippen LogP contribution in [0.25, 0.3) is 0 Å². The summed E-state index contributed by atoms with van der Waals surface area (Å²) in [7, 11) is 0. The molecule has 0 N–H and O–H groups in total. The lowest BCUT2D eigenvalue weighted by Gasteiger charge is -2.06. The molecule has 0 aliphatic rings. The fraction of sp³-hybridized carbons (Fsp3) is 0.500. The fourth-order valence-corrected chi connectivity index (χ4v) is 1.78. The van der Waals surface area contributed by atoms with Gasteiger partial charge in [-0.25, -0.2) is 0 Å². The van der Waals surface area contributed by atoms with Crippen LogP contribution in [0.3, 0.4) is 0 Å². The summed E-state index contributed by atoms with van der Waals surface area (Å²) in [5, 5.41) is 0.221. The molecule has 0 bridgehead atoms. The lowest BCUT2D eigenvalue weighted by molar-refractivity contribution is 0.716. The molecule has 1 aromatic heterocycles. The van der Waals surface area contributed by atoms with Crippen molar-refractivity contribution in [2.45, 2.75) is 31.6 Å². The molecule has 1 unspecified atom stereocenters. The summed E-state index contributed by atoms with van der Waals surface area (Å²) in [4.78, 5) is 4.27. The van der Waals surface area contributed by atoms with Crippen LogP contribution in [0.5, 0.6) is 0 Å². The number of hydrogen-bond acceptors (Lipinski definition) is 1. The number of alkyl halides is 1. The molecule has 13 heavy (non-hydrogen) atoms. The normalized spacial score (nSPS) is 12.8. The first kappa shape index (κ1) is 11.0. The molecule has 0 fully saturated rings. The zero-order valence-electron chi connectivity index (χ0n) is 7.63. The van der Waals surface area contributed by atoms with E-state index in [1.807, 2.05) is 18.3 Å². The van der Waals surface area contributed by atoms with Gasteiger partial charge in [0.15, 0.2) is 0 Å². The monoisotopic (exact) mass is 261 g/mol. The molecule has 1 atom stereocenters. The van der Waals surface area contributed by atoms with E-state index >= 15 is 0 Å². The van der Waals surface area contributed by atoms with Crippen molar-refractivity contribution in [3.05, 3.63) is 28.5 Å². The summed E-state index contributed by atoms with van der Waals surface area (Å²) in [6.07, 6.45) is 4.86. The summed E-state index contributed by atoms with van der Waals surface area (Å²) in [6, 6.07) is 4.01. The predicted molar refractivity (Wildman–Crippen MR) is 60.2 cm³/mol. The number of aromatic nitrogens is 1. The van der Waals surface area contributed by atoms with E-state index in [1.165, 1.54) is 0 Å². The van der Waals surface area contributed by atoms with Crippen molar-refractivity contribution in [1.29, 1.82) is 0 Å². The van der Waals surface area contributed by atoms with E-state index in [4.69, 9.17) is 11.6 Å². The molecule has 0 saturated heterocycles. The molecular formula is C10H13BrClN. The molecule has 0 aromatic carbocycles. The van der Waals surface area contributed by atoms with Crippen LogP contribution in [0.2, 0.25) is 0 Å². The van der Waals surface area contributed by atoms with Crippen molar-refractivity contribution in [3.63, 3.8) is 0 Å². The van der Waals surface area contributed by atoms with Crippen LogP contribution in [0.4, 0.5) is 0 Å². The second-order valence-corrected chi connectivity index (χ2v) is 4.59. The highest BCUT2D eigenvalue weighted by Crippen LogP contribution is 2.13. The zero-order chi connectivity index (χ0) is 9.68. The van der Waals surface area contributed by atoms with Crippen LogP contribution in [0, 0.1) is 0 Å². The lowest BCUT2D eigenvalue weighted by Crippen LogP contribution is -2.03. The molecule has 3 heteroatoms. The Kier molecular flexibility index (Phi) is 4.74. The maximum Gasteiger partial charge on any atom is 0.0419 e. The van der Waals surface area contributed by atoms with Crippen molar-refractivity contribution in [2.24, 2.45) is 0 Å². The minimum absolute atomic E-state index is 0.221. The molecule has 0 spiro atoms. The summed E-state index contributed by atoms with van der Waals surface area (Å²) in [5.41, 5.74) is 1.07. The summed E-state index contributed by atoms with van der Waals surface area (Å²) in [5.74, 6) is 0. The average Bonchev–Trinajstić information content (AvgIpc) is 2.09. The van der Waals surface area contributed by atoms with Gasteiger partial charge in [0, 0.05) is 28.2 Å². The van der Waals surface area contributed by atoms with Gasteiger partial charge in [0.25, 0.3) is 0 Å². The third kappa shape index (κ3) is 4.10. The smallest absolute Gasteiger partial charge is 0.0419 e. The van der Waals surface area contributed by atoms with Gasteiger partial charge in [-0.3, -0.25) is 4.98 Å². The van der Waals surface area contributed by atoms with E-state index in [-0.39, 0.29) is 5.38 Å². The Balaban J connectivity index is 2.49. The minimum Gasteiger partial charge on any atom is -0.260 e. The Labute approximate surface area is 92.6 Å². The van der Waals surface area contributed by atoms with E-state index in [0.717, 1.165) is 29.4 Å². The molecule has 0 amide bonds. The fourth-order valence-electron chi connectivity index (χ4n) is 1.17. The number of halogens is 2. The van der Waals surface area contributed by atoms with Crippen LogP contribution in [-0.4, -0.2) is 10.4 Å². The largest absolute Gasteiger partial charge is 0.260 e. The topological polar surface area (TPSA) is 12.9 Å². The first-order chi connectivity index (χ1) is 6.22.